The lowest BCUT2D eigenvalue weighted by atomic mass is 9.97. The van der Waals surface area contributed by atoms with Crippen molar-refractivity contribution in [3.05, 3.63) is 29.3 Å². The Labute approximate surface area is 107 Å². The Morgan fingerprint density at radius 3 is 2.67 bits per heavy atom. The Balaban J connectivity index is 2.23. The summed E-state index contributed by atoms with van der Waals surface area (Å²) in [5, 5.41) is 8.91. The fourth-order valence-electron chi connectivity index (χ4n) is 2.34. The molecule has 0 bridgehead atoms. The van der Waals surface area contributed by atoms with Gasteiger partial charge in [0.15, 0.2) is 5.78 Å². The fraction of sp³-hybridized carbons (Fsp3) is 0.467. The summed E-state index contributed by atoms with van der Waals surface area (Å²) in [4.78, 5) is 11.5. The summed E-state index contributed by atoms with van der Waals surface area (Å²) in [6, 6.07) is 7.09. The molecule has 1 aromatic rings. The molecule has 0 N–H and O–H groups in total. The van der Waals surface area contributed by atoms with Crippen LogP contribution in [0.25, 0.3) is 0 Å². The standard InChI is InChI=1S/C15H17NO2/c1-11(17)14-8-7-12(10-16)9-15(14)18-13-5-3-2-4-6-13/h7-9,13H,2-6H2,1H3. The average Bonchev–Trinajstić information content (AvgIpc) is 2.39. The second-order valence-corrected chi connectivity index (χ2v) is 4.76. The summed E-state index contributed by atoms with van der Waals surface area (Å²) >= 11 is 0. The van der Waals surface area contributed by atoms with Gasteiger partial charge >= 0.3 is 0 Å². The Hall–Kier alpha value is -1.82. The number of hydrogen-bond acceptors (Lipinski definition) is 3. The molecule has 0 amide bonds. The molecule has 0 saturated heterocycles. The maximum absolute atomic E-state index is 11.5. The predicted octanol–water partition coefficient (Wildman–Crippen LogP) is 3.47. The van der Waals surface area contributed by atoms with Crippen molar-refractivity contribution in [1.82, 2.24) is 0 Å². The van der Waals surface area contributed by atoms with Crippen LogP contribution in [0.15, 0.2) is 18.2 Å². The molecule has 0 atom stereocenters. The van der Waals surface area contributed by atoms with Gasteiger partial charge in [0.2, 0.25) is 0 Å². The molecule has 1 saturated carbocycles. The number of ether oxygens (including phenoxy) is 1. The molecule has 3 heteroatoms. The van der Waals surface area contributed by atoms with Gasteiger partial charge in [-0.1, -0.05) is 6.42 Å². The van der Waals surface area contributed by atoms with Crippen molar-refractivity contribution in [3.63, 3.8) is 0 Å². The molecule has 1 aliphatic carbocycles. The first-order valence-corrected chi connectivity index (χ1v) is 6.42. The molecular formula is C15H17NO2. The molecule has 1 aliphatic rings. The molecule has 18 heavy (non-hydrogen) atoms. The number of benzene rings is 1. The number of rotatable bonds is 3. The predicted molar refractivity (Wildman–Crippen MR) is 68.7 cm³/mol. The lowest BCUT2D eigenvalue weighted by Crippen LogP contribution is -2.20. The van der Waals surface area contributed by atoms with Gasteiger partial charge in [-0.15, -0.1) is 0 Å². The second kappa shape index (κ2) is 5.68. The van der Waals surface area contributed by atoms with Crippen molar-refractivity contribution in [2.24, 2.45) is 0 Å². The summed E-state index contributed by atoms with van der Waals surface area (Å²) in [7, 11) is 0. The van der Waals surface area contributed by atoms with Crippen molar-refractivity contribution < 1.29 is 9.53 Å². The van der Waals surface area contributed by atoms with Gasteiger partial charge < -0.3 is 4.74 Å². The third-order valence-electron chi connectivity index (χ3n) is 3.34. The lowest BCUT2D eigenvalue weighted by Gasteiger charge is -2.24. The number of carbonyl (C=O) groups excluding carboxylic acids is 1. The molecule has 2 rings (SSSR count). The maximum Gasteiger partial charge on any atom is 0.163 e. The van der Waals surface area contributed by atoms with E-state index in [0.717, 1.165) is 12.8 Å². The van der Waals surface area contributed by atoms with Crippen LogP contribution in [0, 0.1) is 11.3 Å². The Kier molecular flexibility index (Phi) is 3.99. The van der Waals surface area contributed by atoms with E-state index < -0.39 is 0 Å². The highest BCUT2D eigenvalue weighted by Gasteiger charge is 2.18. The minimum atomic E-state index is -0.0229. The Morgan fingerprint density at radius 1 is 1.33 bits per heavy atom. The van der Waals surface area contributed by atoms with Crippen LogP contribution >= 0.6 is 0 Å². The molecule has 1 aromatic carbocycles. The van der Waals surface area contributed by atoms with Gasteiger partial charge in [-0.05, 0) is 50.8 Å². The third kappa shape index (κ3) is 2.89. The van der Waals surface area contributed by atoms with Gasteiger partial charge in [0.05, 0.1) is 23.3 Å². The Bertz CT molecular complexity index is 482. The quantitative estimate of drug-likeness (QED) is 0.764. The monoisotopic (exact) mass is 243 g/mol. The van der Waals surface area contributed by atoms with Crippen LogP contribution in [0.2, 0.25) is 0 Å². The van der Waals surface area contributed by atoms with Crippen molar-refractivity contribution in [3.8, 4) is 11.8 Å². The van der Waals surface area contributed by atoms with Crippen LogP contribution < -0.4 is 4.74 Å². The molecule has 94 valence electrons. The topological polar surface area (TPSA) is 50.1 Å². The highest BCUT2D eigenvalue weighted by molar-refractivity contribution is 5.97. The third-order valence-corrected chi connectivity index (χ3v) is 3.34. The van der Waals surface area contributed by atoms with Gasteiger partial charge in [0.25, 0.3) is 0 Å². The zero-order valence-corrected chi connectivity index (χ0v) is 10.6. The zero-order chi connectivity index (χ0) is 13.0. The number of hydrogen-bond donors (Lipinski definition) is 0. The van der Waals surface area contributed by atoms with Crippen molar-refractivity contribution in [2.75, 3.05) is 0 Å². The molecule has 0 aromatic heterocycles. The summed E-state index contributed by atoms with van der Waals surface area (Å²) in [5.74, 6) is 0.541. The van der Waals surface area contributed by atoms with Crippen LogP contribution in [0.1, 0.15) is 54.9 Å². The van der Waals surface area contributed by atoms with Crippen LogP contribution in [0.5, 0.6) is 5.75 Å². The smallest absolute Gasteiger partial charge is 0.163 e. The minimum absolute atomic E-state index is 0.0229. The zero-order valence-electron chi connectivity index (χ0n) is 10.6. The normalized spacial score (nSPS) is 16.0. The second-order valence-electron chi connectivity index (χ2n) is 4.76. The molecule has 0 spiro atoms. The lowest BCUT2D eigenvalue weighted by molar-refractivity contribution is 0.100. The van der Waals surface area contributed by atoms with Crippen molar-refractivity contribution in [2.45, 2.75) is 45.1 Å². The number of nitriles is 1. The van der Waals surface area contributed by atoms with Gasteiger partial charge in [0, 0.05) is 0 Å². The Morgan fingerprint density at radius 2 is 2.06 bits per heavy atom. The van der Waals surface area contributed by atoms with Gasteiger partial charge in [-0.3, -0.25) is 4.79 Å². The molecule has 1 fully saturated rings. The van der Waals surface area contributed by atoms with E-state index >= 15 is 0 Å². The van der Waals surface area contributed by atoms with E-state index in [9.17, 15) is 4.79 Å². The van der Waals surface area contributed by atoms with Crippen LogP contribution in [-0.4, -0.2) is 11.9 Å². The summed E-state index contributed by atoms with van der Waals surface area (Å²) in [6.07, 6.45) is 5.88. The highest BCUT2D eigenvalue weighted by Crippen LogP contribution is 2.27. The molecule has 0 heterocycles. The van der Waals surface area contributed by atoms with E-state index in [1.54, 1.807) is 18.2 Å². The minimum Gasteiger partial charge on any atom is -0.490 e. The van der Waals surface area contributed by atoms with E-state index in [-0.39, 0.29) is 11.9 Å². The van der Waals surface area contributed by atoms with Crippen molar-refractivity contribution in [1.29, 1.82) is 5.26 Å². The van der Waals surface area contributed by atoms with Gasteiger partial charge in [-0.25, -0.2) is 0 Å². The molecule has 0 aliphatic heterocycles. The highest BCUT2D eigenvalue weighted by atomic mass is 16.5. The van der Waals surface area contributed by atoms with Crippen LogP contribution in [0.3, 0.4) is 0 Å². The molecule has 3 nitrogen and oxygen atoms in total. The molecule has 0 unspecified atom stereocenters. The van der Waals surface area contributed by atoms with E-state index in [1.165, 1.54) is 26.2 Å². The molecular weight excluding hydrogens is 226 g/mol. The summed E-state index contributed by atoms with van der Waals surface area (Å²) in [6.45, 7) is 1.52. The van der Waals surface area contributed by atoms with E-state index in [2.05, 4.69) is 6.07 Å². The van der Waals surface area contributed by atoms with E-state index in [4.69, 9.17) is 10.00 Å². The molecule has 0 radical (unpaired) electrons. The summed E-state index contributed by atoms with van der Waals surface area (Å²) < 4.78 is 5.92. The average molecular weight is 243 g/mol. The number of carbonyl (C=O) groups is 1. The first kappa shape index (κ1) is 12.6. The number of nitrogens with zero attached hydrogens (tertiary/aromatic N) is 1. The first-order chi connectivity index (χ1) is 8.70. The first-order valence-electron chi connectivity index (χ1n) is 6.42. The van der Waals surface area contributed by atoms with Crippen molar-refractivity contribution >= 4 is 5.78 Å². The fourth-order valence-corrected chi connectivity index (χ4v) is 2.34. The number of Topliss-reactive ketones (excluding diaryl/α,β-unsaturated/α-hetero) is 1. The van der Waals surface area contributed by atoms with Gasteiger partial charge in [-0.2, -0.15) is 5.26 Å². The number of ketones is 1. The van der Waals surface area contributed by atoms with Gasteiger partial charge in [0.1, 0.15) is 5.75 Å². The largest absolute Gasteiger partial charge is 0.490 e. The maximum atomic E-state index is 11.5. The van der Waals surface area contributed by atoms with Crippen LogP contribution in [-0.2, 0) is 0 Å². The van der Waals surface area contributed by atoms with E-state index in [1.807, 2.05) is 0 Å². The van der Waals surface area contributed by atoms with E-state index in [0.29, 0.717) is 16.9 Å². The SMILES string of the molecule is CC(=O)c1ccc(C#N)cc1OC1CCCCC1. The summed E-state index contributed by atoms with van der Waals surface area (Å²) in [5.41, 5.74) is 1.10. The van der Waals surface area contributed by atoms with Crippen LogP contribution in [0.4, 0.5) is 0 Å².